The van der Waals surface area contributed by atoms with Crippen molar-refractivity contribution in [2.24, 2.45) is 0 Å². The molecule has 0 spiro atoms. The molecule has 1 aromatic heterocycles. The zero-order valence-electron chi connectivity index (χ0n) is 13.9. The maximum absolute atomic E-state index is 12.1. The molecule has 0 aliphatic heterocycles. The van der Waals surface area contributed by atoms with Gasteiger partial charge in [0.15, 0.2) is 5.82 Å². The van der Waals surface area contributed by atoms with E-state index in [9.17, 15) is 4.79 Å². The topological polar surface area (TPSA) is 89.1 Å². The molecule has 1 amide bonds. The normalized spacial score (nSPS) is 10.3. The number of benzene rings is 2. The molecule has 7 heteroatoms. The van der Waals surface area contributed by atoms with E-state index in [2.05, 4.69) is 20.5 Å². The second-order valence-corrected chi connectivity index (χ2v) is 5.25. The minimum Gasteiger partial charge on any atom is -0.497 e. The van der Waals surface area contributed by atoms with Crippen LogP contribution in [0, 0.1) is 0 Å². The number of hydrogen-bond acceptors (Lipinski definition) is 5. The number of ether oxygens (including phenoxy) is 2. The summed E-state index contributed by atoms with van der Waals surface area (Å²) < 4.78 is 10.2. The van der Waals surface area contributed by atoms with Gasteiger partial charge in [-0.3, -0.25) is 9.89 Å². The fraction of sp³-hybridized carbons (Fsp3) is 0.167. The Morgan fingerprint density at radius 3 is 2.20 bits per heavy atom. The lowest BCUT2D eigenvalue weighted by atomic mass is 10.2. The lowest BCUT2D eigenvalue weighted by molar-refractivity contribution is 0.0950. The van der Waals surface area contributed by atoms with Gasteiger partial charge in [0.2, 0.25) is 0 Å². The van der Waals surface area contributed by atoms with E-state index in [0.717, 1.165) is 11.3 Å². The zero-order chi connectivity index (χ0) is 17.6. The Labute approximate surface area is 145 Å². The molecule has 0 saturated heterocycles. The van der Waals surface area contributed by atoms with Gasteiger partial charge in [-0.15, -0.1) is 0 Å². The molecule has 3 aromatic rings. The number of nitrogens with zero attached hydrogens (tertiary/aromatic N) is 2. The van der Waals surface area contributed by atoms with Crippen molar-refractivity contribution >= 4 is 5.91 Å². The van der Waals surface area contributed by atoms with Crippen molar-refractivity contribution in [2.75, 3.05) is 14.2 Å². The first-order valence-corrected chi connectivity index (χ1v) is 7.67. The summed E-state index contributed by atoms with van der Waals surface area (Å²) in [5.41, 5.74) is 1.42. The van der Waals surface area contributed by atoms with Crippen LogP contribution < -0.4 is 14.8 Å². The van der Waals surface area contributed by atoms with Gasteiger partial charge >= 0.3 is 0 Å². The van der Waals surface area contributed by atoms with E-state index >= 15 is 0 Å². The van der Waals surface area contributed by atoms with E-state index in [-0.39, 0.29) is 12.5 Å². The molecule has 2 aromatic carbocycles. The van der Waals surface area contributed by atoms with E-state index < -0.39 is 0 Å². The predicted molar refractivity (Wildman–Crippen MR) is 92.5 cm³/mol. The van der Waals surface area contributed by atoms with Crippen molar-refractivity contribution in [1.82, 2.24) is 20.5 Å². The Hall–Kier alpha value is -3.35. The van der Waals surface area contributed by atoms with Crippen LogP contribution in [-0.4, -0.2) is 35.3 Å². The van der Waals surface area contributed by atoms with Gasteiger partial charge in [0.25, 0.3) is 5.91 Å². The summed E-state index contributed by atoms with van der Waals surface area (Å²) in [7, 11) is 3.20. The number of aromatic nitrogens is 3. The van der Waals surface area contributed by atoms with Crippen molar-refractivity contribution in [2.45, 2.75) is 6.54 Å². The molecule has 0 aliphatic rings. The Balaban J connectivity index is 1.61. The van der Waals surface area contributed by atoms with E-state index in [4.69, 9.17) is 9.47 Å². The molecule has 0 atom stereocenters. The first kappa shape index (κ1) is 16.5. The lowest BCUT2D eigenvalue weighted by Gasteiger charge is -2.04. The summed E-state index contributed by atoms with van der Waals surface area (Å²) in [6, 6.07) is 14.3. The number of hydrogen-bond donors (Lipinski definition) is 2. The summed E-state index contributed by atoms with van der Waals surface area (Å²) in [6.45, 7) is 0.258. The van der Waals surface area contributed by atoms with Crippen LogP contribution in [0.4, 0.5) is 0 Å². The second kappa shape index (κ2) is 7.48. The first-order chi connectivity index (χ1) is 12.2. The van der Waals surface area contributed by atoms with Crippen molar-refractivity contribution < 1.29 is 14.3 Å². The Morgan fingerprint density at radius 1 is 1.00 bits per heavy atom. The van der Waals surface area contributed by atoms with Crippen molar-refractivity contribution in [3.05, 3.63) is 59.9 Å². The number of amides is 1. The van der Waals surface area contributed by atoms with Gasteiger partial charge in [-0.05, 0) is 48.5 Å². The fourth-order valence-corrected chi connectivity index (χ4v) is 2.25. The van der Waals surface area contributed by atoms with Crippen LogP contribution in [0.1, 0.15) is 16.2 Å². The highest BCUT2D eigenvalue weighted by Crippen LogP contribution is 2.19. The number of H-pyrrole nitrogens is 1. The number of aromatic amines is 1. The number of methoxy groups -OCH3 is 2. The van der Waals surface area contributed by atoms with Crippen LogP contribution in [0.5, 0.6) is 11.5 Å². The summed E-state index contributed by atoms with van der Waals surface area (Å²) in [5.74, 6) is 2.43. The maximum atomic E-state index is 12.1. The summed E-state index contributed by atoms with van der Waals surface area (Å²) in [4.78, 5) is 16.5. The van der Waals surface area contributed by atoms with Crippen molar-refractivity contribution in [3.8, 4) is 22.9 Å². The Bertz CT molecular complexity index is 842. The highest BCUT2D eigenvalue weighted by Gasteiger charge is 2.09. The SMILES string of the molecule is COc1ccc(C(=O)NCc2nc(-c3ccc(OC)cc3)n[nH]2)cc1. The summed E-state index contributed by atoms with van der Waals surface area (Å²) in [5, 5.41) is 9.80. The minimum absolute atomic E-state index is 0.190. The quantitative estimate of drug-likeness (QED) is 0.720. The van der Waals surface area contributed by atoms with Gasteiger partial charge in [-0.1, -0.05) is 0 Å². The third-order valence-electron chi connectivity index (χ3n) is 3.65. The lowest BCUT2D eigenvalue weighted by Crippen LogP contribution is -2.23. The predicted octanol–water partition coefficient (Wildman–Crippen LogP) is 2.42. The molecule has 25 heavy (non-hydrogen) atoms. The third-order valence-corrected chi connectivity index (χ3v) is 3.65. The molecule has 128 valence electrons. The van der Waals surface area contributed by atoms with Crippen molar-refractivity contribution in [1.29, 1.82) is 0 Å². The van der Waals surface area contributed by atoms with Crippen LogP contribution in [0.15, 0.2) is 48.5 Å². The van der Waals surface area contributed by atoms with Gasteiger partial charge in [-0.2, -0.15) is 5.10 Å². The standard InChI is InChI=1S/C18H18N4O3/c1-24-14-7-3-12(4-8-14)17-20-16(21-22-17)11-19-18(23)13-5-9-15(25-2)10-6-13/h3-10H,11H2,1-2H3,(H,19,23)(H,20,21,22). The smallest absolute Gasteiger partial charge is 0.251 e. The highest BCUT2D eigenvalue weighted by atomic mass is 16.5. The van der Waals surface area contributed by atoms with Gasteiger partial charge in [0, 0.05) is 11.1 Å². The number of nitrogens with one attached hydrogen (secondary N) is 2. The third kappa shape index (κ3) is 3.95. The molecule has 3 rings (SSSR count). The van der Waals surface area contributed by atoms with E-state index in [1.165, 1.54) is 0 Å². The molecule has 2 N–H and O–H groups in total. The molecular weight excluding hydrogens is 320 g/mol. The minimum atomic E-state index is -0.190. The van der Waals surface area contributed by atoms with Gasteiger partial charge in [0.05, 0.1) is 20.8 Å². The molecular formula is C18H18N4O3. The molecule has 0 saturated carbocycles. The van der Waals surface area contributed by atoms with E-state index in [0.29, 0.717) is 23.0 Å². The molecule has 7 nitrogen and oxygen atoms in total. The highest BCUT2D eigenvalue weighted by molar-refractivity contribution is 5.94. The Kier molecular flexibility index (Phi) is 4.94. The Morgan fingerprint density at radius 2 is 1.60 bits per heavy atom. The molecule has 0 fully saturated rings. The molecule has 0 aliphatic carbocycles. The van der Waals surface area contributed by atoms with E-state index in [1.54, 1.807) is 38.5 Å². The number of carbonyl (C=O) groups excluding carboxylic acids is 1. The average Bonchev–Trinajstić information content (AvgIpc) is 3.15. The van der Waals surface area contributed by atoms with Crippen LogP contribution in [0.3, 0.4) is 0 Å². The van der Waals surface area contributed by atoms with E-state index in [1.807, 2.05) is 24.3 Å². The van der Waals surface area contributed by atoms with Crippen molar-refractivity contribution in [3.63, 3.8) is 0 Å². The number of carbonyl (C=O) groups is 1. The summed E-state index contributed by atoms with van der Waals surface area (Å²) >= 11 is 0. The zero-order valence-corrected chi connectivity index (χ0v) is 13.9. The monoisotopic (exact) mass is 338 g/mol. The van der Waals surface area contributed by atoms with Crippen LogP contribution in [0.25, 0.3) is 11.4 Å². The summed E-state index contributed by atoms with van der Waals surface area (Å²) in [6.07, 6.45) is 0. The maximum Gasteiger partial charge on any atom is 0.251 e. The molecule has 0 bridgehead atoms. The van der Waals surface area contributed by atoms with Crippen LogP contribution >= 0.6 is 0 Å². The van der Waals surface area contributed by atoms with Gasteiger partial charge < -0.3 is 14.8 Å². The molecule has 0 unspecified atom stereocenters. The largest absolute Gasteiger partial charge is 0.497 e. The molecule has 0 radical (unpaired) electrons. The van der Waals surface area contributed by atoms with Gasteiger partial charge in [0.1, 0.15) is 17.3 Å². The van der Waals surface area contributed by atoms with Crippen LogP contribution in [-0.2, 0) is 6.54 Å². The van der Waals surface area contributed by atoms with Crippen LogP contribution in [0.2, 0.25) is 0 Å². The average molecular weight is 338 g/mol. The second-order valence-electron chi connectivity index (χ2n) is 5.25. The number of rotatable bonds is 6. The molecule has 1 heterocycles. The fourth-order valence-electron chi connectivity index (χ4n) is 2.25. The first-order valence-electron chi connectivity index (χ1n) is 7.67. The van der Waals surface area contributed by atoms with Gasteiger partial charge in [-0.25, -0.2) is 4.98 Å².